The van der Waals surface area contributed by atoms with Gasteiger partial charge in [-0.25, -0.2) is 9.78 Å². The van der Waals surface area contributed by atoms with E-state index >= 15 is 0 Å². The smallest absolute Gasteiger partial charge is 0.338 e. The van der Waals surface area contributed by atoms with Crippen molar-refractivity contribution in [3.63, 3.8) is 0 Å². The number of hydrogen-bond donors (Lipinski definition) is 1. The van der Waals surface area contributed by atoms with Crippen molar-refractivity contribution in [2.24, 2.45) is 0 Å². The van der Waals surface area contributed by atoms with Crippen LogP contribution in [0.25, 0.3) is 32.2 Å². The van der Waals surface area contributed by atoms with Crippen LogP contribution in [0.5, 0.6) is 5.75 Å². The van der Waals surface area contributed by atoms with Crippen molar-refractivity contribution >= 4 is 50.0 Å². The van der Waals surface area contributed by atoms with Gasteiger partial charge in [-0.2, -0.15) is 5.26 Å². The minimum Gasteiger partial charge on any atom is -0.491 e. The number of rotatable bonds is 6. The van der Waals surface area contributed by atoms with Crippen LogP contribution in [0.3, 0.4) is 0 Å². The number of nitrogens with zero attached hydrogens (tertiary/aromatic N) is 4. The van der Waals surface area contributed by atoms with Crippen LogP contribution in [0.15, 0.2) is 52.8 Å². The monoisotopic (exact) mass is 530 g/mol. The molecule has 0 spiro atoms. The third kappa shape index (κ3) is 4.31. The maximum absolute atomic E-state index is 13.3. The average molecular weight is 531 g/mol. The molecule has 3 heterocycles. The quantitative estimate of drug-likeness (QED) is 0.304. The zero-order valence-electron chi connectivity index (χ0n) is 19.8. The number of nitriles is 1. The van der Waals surface area contributed by atoms with Crippen molar-refractivity contribution in [1.29, 1.82) is 5.26 Å². The van der Waals surface area contributed by atoms with Crippen LogP contribution in [0.1, 0.15) is 27.3 Å². The average Bonchev–Trinajstić information content (AvgIpc) is 3.32. The standard InChI is InChI=1S/C27H19ClN4O4S/c1-14-3-4-16(12-29)22-23(14)31-15(2)32(26(22)33)9-10-36-21-6-5-17(28)11-19(21)18-7-8-30-24-20(27(34)35)13-37-25(18)24/h3-8,11,13H,9-10H2,1-2H3,(H,34,35). The lowest BCUT2D eigenvalue weighted by molar-refractivity contribution is 0.0699. The molecular weight excluding hydrogens is 512 g/mol. The van der Waals surface area contributed by atoms with Gasteiger partial charge in [0.1, 0.15) is 24.3 Å². The summed E-state index contributed by atoms with van der Waals surface area (Å²) < 4.78 is 8.32. The Morgan fingerprint density at radius 3 is 2.76 bits per heavy atom. The molecule has 0 aliphatic heterocycles. The second kappa shape index (κ2) is 9.65. The van der Waals surface area contributed by atoms with Crippen LogP contribution in [0, 0.1) is 25.2 Å². The van der Waals surface area contributed by atoms with E-state index in [2.05, 4.69) is 16.0 Å². The van der Waals surface area contributed by atoms with Gasteiger partial charge in [-0.1, -0.05) is 17.7 Å². The number of hydrogen-bond acceptors (Lipinski definition) is 7. The van der Waals surface area contributed by atoms with E-state index in [0.29, 0.717) is 43.3 Å². The maximum atomic E-state index is 13.3. The molecule has 0 saturated heterocycles. The van der Waals surface area contributed by atoms with Gasteiger partial charge in [0, 0.05) is 27.7 Å². The summed E-state index contributed by atoms with van der Waals surface area (Å²) in [6.45, 7) is 3.96. The van der Waals surface area contributed by atoms with E-state index in [1.807, 2.05) is 6.92 Å². The van der Waals surface area contributed by atoms with Crippen LogP contribution in [-0.2, 0) is 6.54 Å². The molecule has 0 bridgehead atoms. The number of aromatic carboxylic acids is 1. The van der Waals surface area contributed by atoms with Crippen molar-refractivity contribution in [2.75, 3.05) is 6.61 Å². The highest BCUT2D eigenvalue weighted by Crippen LogP contribution is 2.39. The number of ether oxygens (including phenoxy) is 1. The minimum atomic E-state index is -1.04. The summed E-state index contributed by atoms with van der Waals surface area (Å²) in [6, 6.07) is 12.5. The number of carboxylic acid groups (broad SMARTS) is 1. The predicted molar refractivity (Wildman–Crippen MR) is 143 cm³/mol. The first kappa shape index (κ1) is 24.4. The summed E-state index contributed by atoms with van der Waals surface area (Å²) in [6.07, 6.45) is 1.56. The normalized spacial score (nSPS) is 11.1. The Balaban J connectivity index is 1.50. The molecule has 3 aromatic heterocycles. The fraction of sp³-hybridized carbons (Fsp3) is 0.148. The number of aryl methyl sites for hydroxylation is 2. The fourth-order valence-corrected chi connectivity index (χ4v) is 5.50. The molecule has 0 fully saturated rings. The van der Waals surface area contributed by atoms with Gasteiger partial charge in [0.25, 0.3) is 5.56 Å². The molecule has 37 heavy (non-hydrogen) atoms. The number of pyridine rings is 1. The molecule has 5 aromatic rings. The van der Waals surface area contributed by atoms with Gasteiger partial charge in [-0.3, -0.25) is 14.3 Å². The molecule has 8 nitrogen and oxygen atoms in total. The minimum absolute atomic E-state index is 0.136. The molecule has 5 rings (SSSR count). The molecule has 0 aliphatic rings. The number of carboxylic acids is 1. The van der Waals surface area contributed by atoms with Gasteiger partial charge in [0.2, 0.25) is 0 Å². The highest BCUT2D eigenvalue weighted by atomic mass is 35.5. The Morgan fingerprint density at radius 1 is 1.19 bits per heavy atom. The van der Waals surface area contributed by atoms with Crippen molar-refractivity contribution < 1.29 is 14.6 Å². The first-order valence-electron chi connectivity index (χ1n) is 11.2. The van der Waals surface area contributed by atoms with Crippen molar-refractivity contribution in [2.45, 2.75) is 20.4 Å². The van der Waals surface area contributed by atoms with Crippen molar-refractivity contribution in [3.8, 4) is 22.9 Å². The highest BCUT2D eigenvalue weighted by molar-refractivity contribution is 7.18. The molecule has 0 aliphatic carbocycles. The van der Waals surface area contributed by atoms with Gasteiger partial charge < -0.3 is 9.84 Å². The first-order valence-corrected chi connectivity index (χ1v) is 12.5. The van der Waals surface area contributed by atoms with E-state index in [4.69, 9.17) is 16.3 Å². The Bertz CT molecular complexity index is 1820. The molecule has 1 N–H and O–H groups in total. The molecule has 2 aromatic carbocycles. The lowest BCUT2D eigenvalue weighted by Gasteiger charge is -2.15. The predicted octanol–water partition coefficient (Wildman–Crippen LogP) is 5.59. The zero-order valence-corrected chi connectivity index (χ0v) is 21.4. The fourth-order valence-electron chi connectivity index (χ4n) is 4.30. The number of aromatic nitrogens is 3. The molecule has 184 valence electrons. The lowest BCUT2D eigenvalue weighted by Crippen LogP contribution is -2.27. The molecule has 0 atom stereocenters. The summed E-state index contributed by atoms with van der Waals surface area (Å²) in [5.74, 6) is -0.000506. The maximum Gasteiger partial charge on any atom is 0.338 e. The Hall–Kier alpha value is -4.26. The number of halogens is 1. The van der Waals surface area contributed by atoms with Crippen LogP contribution in [0.2, 0.25) is 5.02 Å². The van der Waals surface area contributed by atoms with Gasteiger partial charge in [-0.15, -0.1) is 11.3 Å². The first-order chi connectivity index (χ1) is 17.8. The third-order valence-corrected chi connectivity index (χ3v) is 7.35. The van der Waals surface area contributed by atoms with Gasteiger partial charge in [-0.05, 0) is 49.7 Å². The van der Waals surface area contributed by atoms with Crippen LogP contribution in [0.4, 0.5) is 0 Å². The summed E-state index contributed by atoms with van der Waals surface area (Å²) in [5.41, 5.74) is 3.30. The van der Waals surface area contributed by atoms with Gasteiger partial charge in [0.05, 0.1) is 38.8 Å². The van der Waals surface area contributed by atoms with Gasteiger partial charge in [0.15, 0.2) is 0 Å². The van der Waals surface area contributed by atoms with Gasteiger partial charge >= 0.3 is 5.97 Å². The Labute approximate surface area is 220 Å². The second-order valence-corrected chi connectivity index (χ2v) is 9.68. The van der Waals surface area contributed by atoms with Crippen LogP contribution in [-0.4, -0.2) is 32.2 Å². The van der Waals surface area contributed by atoms with E-state index in [1.54, 1.807) is 54.9 Å². The number of benzene rings is 2. The van der Waals surface area contributed by atoms with Crippen LogP contribution < -0.4 is 10.3 Å². The summed E-state index contributed by atoms with van der Waals surface area (Å²) in [7, 11) is 0. The number of thiophene rings is 1. The van der Waals surface area contributed by atoms with E-state index in [-0.39, 0.29) is 29.8 Å². The Morgan fingerprint density at radius 2 is 2.00 bits per heavy atom. The van der Waals surface area contributed by atoms with E-state index in [1.165, 1.54) is 15.9 Å². The molecule has 0 amide bonds. The molecule has 0 radical (unpaired) electrons. The topological polar surface area (TPSA) is 118 Å². The van der Waals surface area contributed by atoms with E-state index < -0.39 is 5.97 Å². The summed E-state index contributed by atoms with van der Waals surface area (Å²) in [4.78, 5) is 33.7. The van der Waals surface area contributed by atoms with Crippen molar-refractivity contribution in [1.82, 2.24) is 14.5 Å². The zero-order chi connectivity index (χ0) is 26.3. The second-order valence-electron chi connectivity index (χ2n) is 8.36. The summed E-state index contributed by atoms with van der Waals surface area (Å²) >= 11 is 7.59. The molecule has 10 heteroatoms. The van der Waals surface area contributed by atoms with Crippen LogP contribution >= 0.6 is 22.9 Å². The van der Waals surface area contributed by atoms with E-state index in [0.717, 1.165) is 11.1 Å². The SMILES string of the molecule is Cc1ccc(C#N)c2c(=O)n(CCOc3ccc(Cl)cc3-c3ccnc4c(C(=O)O)csc34)c(C)nc12. The molecule has 0 unspecified atom stereocenters. The number of fused-ring (bicyclic) bond motifs is 2. The Kier molecular flexibility index (Phi) is 6.38. The molecular formula is C27H19ClN4O4S. The van der Waals surface area contributed by atoms with E-state index in [9.17, 15) is 20.0 Å². The molecule has 0 saturated carbocycles. The largest absolute Gasteiger partial charge is 0.491 e. The van der Waals surface area contributed by atoms with Crippen molar-refractivity contribution in [3.05, 3.63) is 85.9 Å². The summed E-state index contributed by atoms with van der Waals surface area (Å²) in [5, 5.41) is 21.3. The highest BCUT2D eigenvalue weighted by Gasteiger charge is 2.18. The number of carbonyl (C=O) groups is 1. The third-order valence-electron chi connectivity index (χ3n) is 6.11. The lowest BCUT2D eigenvalue weighted by atomic mass is 10.0.